The maximum Gasteiger partial charge on any atom is 0.209 e. The zero-order valence-electron chi connectivity index (χ0n) is 6.00. The highest BCUT2D eigenvalue weighted by Gasteiger charge is 2.04. The number of hydrogen-bond acceptors (Lipinski definition) is 3. The molecule has 2 atom stereocenters. The van der Waals surface area contributed by atoms with Crippen molar-refractivity contribution in [2.45, 2.75) is 26.2 Å². The van der Waals surface area contributed by atoms with Gasteiger partial charge < -0.3 is 10.1 Å². The van der Waals surface area contributed by atoms with Crippen LogP contribution in [0.2, 0.25) is 0 Å². The largest absolute Gasteiger partial charge is 0.341 e. The van der Waals surface area contributed by atoms with E-state index in [-0.39, 0.29) is 0 Å². The molecule has 0 aromatic heterocycles. The number of hydrogen-bond donors (Lipinski definition) is 1. The van der Waals surface area contributed by atoms with Crippen molar-refractivity contribution in [2.24, 2.45) is 0 Å². The molecule has 0 saturated carbocycles. The lowest BCUT2D eigenvalue weighted by Crippen LogP contribution is -2.30. The van der Waals surface area contributed by atoms with E-state index in [1.165, 1.54) is 0 Å². The van der Waals surface area contributed by atoms with E-state index < -0.39 is 12.3 Å². The van der Waals surface area contributed by atoms with Crippen LogP contribution in [0.4, 0.5) is 0 Å². The number of nitrogens with zero attached hydrogens (tertiary/aromatic N) is 1. The van der Waals surface area contributed by atoms with E-state index in [9.17, 15) is 4.79 Å². The van der Waals surface area contributed by atoms with E-state index in [4.69, 9.17) is 10.00 Å². The van der Waals surface area contributed by atoms with Gasteiger partial charge in [0.05, 0.1) is 6.07 Å². The quantitative estimate of drug-likeness (QED) is 0.444. The molecule has 0 heterocycles. The summed E-state index contributed by atoms with van der Waals surface area (Å²) in [5.41, 5.74) is 0. The van der Waals surface area contributed by atoms with Crippen LogP contribution in [-0.4, -0.2) is 18.7 Å². The van der Waals surface area contributed by atoms with Crippen molar-refractivity contribution in [1.82, 2.24) is 5.32 Å². The maximum absolute atomic E-state index is 9.81. The molecule has 56 valence electrons. The lowest BCUT2D eigenvalue weighted by Gasteiger charge is -2.12. The second kappa shape index (κ2) is 4.77. The van der Waals surface area contributed by atoms with Crippen molar-refractivity contribution in [3.8, 4) is 6.07 Å². The SMILES string of the molecule is CC(C#N)OC(C)NC=O. The first-order valence-corrected chi connectivity index (χ1v) is 2.95. The molecule has 2 unspecified atom stereocenters. The van der Waals surface area contributed by atoms with Gasteiger partial charge in [0, 0.05) is 0 Å². The van der Waals surface area contributed by atoms with E-state index in [0.717, 1.165) is 0 Å². The van der Waals surface area contributed by atoms with Crippen molar-refractivity contribution in [2.75, 3.05) is 0 Å². The summed E-state index contributed by atoms with van der Waals surface area (Å²) < 4.78 is 4.94. The summed E-state index contributed by atoms with van der Waals surface area (Å²) >= 11 is 0. The number of nitriles is 1. The van der Waals surface area contributed by atoms with Gasteiger partial charge in [-0.1, -0.05) is 0 Å². The molecule has 0 rings (SSSR count). The molecule has 10 heavy (non-hydrogen) atoms. The Morgan fingerprint density at radius 2 is 2.30 bits per heavy atom. The molecule has 0 aliphatic carbocycles. The molecule has 0 aliphatic heterocycles. The van der Waals surface area contributed by atoms with Gasteiger partial charge >= 0.3 is 0 Å². The highest BCUT2D eigenvalue weighted by atomic mass is 16.5. The molecule has 4 heteroatoms. The number of ether oxygens (including phenoxy) is 1. The van der Waals surface area contributed by atoms with Crippen molar-refractivity contribution >= 4 is 6.41 Å². The van der Waals surface area contributed by atoms with Crippen molar-refractivity contribution in [3.05, 3.63) is 0 Å². The molecular weight excluding hydrogens is 132 g/mol. The molecule has 0 saturated heterocycles. The summed E-state index contributed by atoms with van der Waals surface area (Å²) in [7, 11) is 0. The lowest BCUT2D eigenvalue weighted by atomic mass is 10.4. The van der Waals surface area contributed by atoms with Crippen LogP contribution in [0.5, 0.6) is 0 Å². The van der Waals surface area contributed by atoms with E-state index in [1.807, 2.05) is 6.07 Å². The third-order valence-electron chi connectivity index (χ3n) is 0.893. The van der Waals surface area contributed by atoms with Gasteiger partial charge in [0.15, 0.2) is 0 Å². The van der Waals surface area contributed by atoms with E-state index >= 15 is 0 Å². The van der Waals surface area contributed by atoms with Crippen LogP contribution in [0.25, 0.3) is 0 Å². The second-order valence-electron chi connectivity index (χ2n) is 1.83. The van der Waals surface area contributed by atoms with Crippen LogP contribution in [0.15, 0.2) is 0 Å². The fourth-order valence-electron chi connectivity index (χ4n) is 0.472. The summed E-state index contributed by atoms with van der Waals surface area (Å²) in [5.74, 6) is 0. The number of carbonyl (C=O) groups excluding carboxylic acids is 1. The summed E-state index contributed by atoms with van der Waals surface area (Å²) in [6.07, 6.45) is -0.344. The molecule has 0 aromatic rings. The highest BCUT2D eigenvalue weighted by Crippen LogP contribution is 1.91. The van der Waals surface area contributed by atoms with Gasteiger partial charge in [-0.2, -0.15) is 5.26 Å². The van der Waals surface area contributed by atoms with Crippen LogP contribution in [0.1, 0.15) is 13.8 Å². The van der Waals surface area contributed by atoms with Crippen LogP contribution in [0, 0.1) is 11.3 Å². The Kier molecular flexibility index (Phi) is 4.25. The Morgan fingerprint density at radius 3 is 2.70 bits per heavy atom. The molecule has 4 nitrogen and oxygen atoms in total. The fraction of sp³-hybridized carbons (Fsp3) is 0.667. The third-order valence-corrected chi connectivity index (χ3v) is 0.893. The maximum atomic E-state index is 9.81. The van der Waals surface area contributed by atoms with Gasteiger partial charge in [-0.3, -0.25) is 4.79 Å². The predicted molar refractivity (Wildman–Crippen MR) is 34.8 cm³/mol. The molecule has 0 fully saturated rings. The minimum atomic E-state index is -0.484. The number of nitrogens with one attached hydrogen (secondary N) is 1. The first-order chi connectivity index (χ1) is 4.70. The normalized spacial score (nSPS) is 14.9. The molecule has 1 amide bonds. The molecule has 0 bridgehead atoms. The van der Waals surface area contributed by atoms with Gasteiger partial charge in [0.25, 0.3) is 0 Å². The number of amides is 1. The minimum Gasteiger partial charge on any atom is -0.341 e. The molecule has 0 aliphatic rings. The topological polar surface area (TPSA) is 62.1 Å². The Morgan fingerprint density at radius 1 is 1.70 bits per heavy atom. The monoisotopic (exact) mass is 142 g/mol. The predicted octanol–water partition coefficient (Wildman–Crippen LogP) is 0.00708. The second-order valence-corrected chi connectivity index (χ2v) is 1.83. The van der Waals surface area contributed by atoms with Crippen LogP contribution < -0.4 is 5.32 Å². The first-order valence-electron chi connectivity index (χ1n) is 2.95. The van der Waals surface area contributed by atoms with Gasteiger partial charge in [-0.15, -0.1) is 0 Å². The zero-order valence-corrected chi connectivity index (χ0v) is 6.00. The molecule has 0 radical (unpaired) electrons. The van der Waals surface area contributed by atoms with Crippen molar-refractivity contribution in [3.63, 3.8) is 0 Å². The Balaban J connectivity index is 3.48. The van der Waals surface area contributed by atoms with Gasteiger partial charge in [0.1, 0.15) is 12.3 Å². The molecule has 1 N–H and O–H groups in total. The van der Waals surface area contributed by atoms with Crippen LogP contribution in [-0.2, 0) is 9.53 Å². The van der Waals surface area contributed by atoms with Gasteiger partial charge in [-0.25, -0.2) is 0 Å². The average molecular weight is 142 g/mol. The number of rotatable bonds is 4. The van der Waals surface area contributed by atoms with E-state index in [1.54, 1.807) is 13.8 Å². The van der Waals surface area contributed by atoms with Crippen molar-refractivity contribution in [1.29, 1.82) is 5.26 Å². The summed E-state index contributed by atoms with van der Waals surface area (Å²) in [6, 6.07) is 1.88. The summed E-state index contributed by atoms with van der Waals surface area (Å²) in [6.45, 7) is 3.27. The lowest BCUT2D eigenvalue weighted by molar-refractivity contribution is -0.113. The van der Waals surface area contributed by atoms with E-state index in [0.29, 0.717) is 6.41 Å². The van der Waals surface area contributed by atoms with E-state index in [2.05, 4.69) is 5.32 Å². The summed E-state index contributed by atoms with van der Waals surface area (Å²) in [4.78, 5) is 9.81. The Hall–Kier alpha value is -1.08. The summed E-state index contributed by atoms with van der Waals surface area (Å²) in [5, 5.41) is 10.6. The van der Waals surface area contributed by atoms with Gasteiger partial charge in [0.2, 0.25) is 6.41 Å². The fourth-order valence-corrected chi connectivity index (χ4v) is 0.472. The smallest absolute Gasteiger partial charge is 0.209 e. The molecular formula is C6H10N2O2. The number of carbonyl (C=O) groups is 1. The average Bonchev–Trinajstić information content (AvgIpc) is 1.88. The van der Waals surface area contributed by atoms with Crippen LogP contribution in [0.3, 0.4) is 0 Å². The van der Waals surface area contributed by atoms with Crippen LogP contribution >= 0.6 is 0 Å². The Bertz CT molecular complexity index is 141. The van der Waals surface area contributed by atoms with Crippen molar-refractivity contribution < 1.29 is 9.53 Å². The highest BCUT2D eigenvalue weighted by molar-refractivity contribution is 5.46. The first kappa shape index (κ1) is 8.92. The standard InChI is InChI=1S/C6H10N2O2/c1-5(3-7)10-6(2)8-4-9/h4-6H,1-2H3,(H,8,9). The van der Waals surface area contributed by atoms with Gasteiger partial charge in [-0.05, 0) is 13.8 Å². The minimum absolute atomic E-state index is 0.396. The molecule has 0 aromatic carbocycles. The zero-order chi connectivity index (χ0) is 7.98. The Labute approximate surface area is 59.8 Å². The third kappa shape index (κ3) is 3.87. The molecule has 0 spiro atoms.